The second-order valence-corrected chi connectivity index (χ2v) is 9.30. The first-order valence-electron chi connectivity index (χ1n) is 11.8. The molecular weight excluding hydrogens is 426 g/mol. The van der Waals surface area contributed by atoms with Crippen LogP contribution in [0.3, 0.4) is 0 Å². The molecule has 4 aromatic rings. The van der Waals surface area contributed by atoms with Crippen LogP contribution in [0.1, 0.15) is 46.4 Å². The minimum atomic E-state index is -0.250. The molecule has 0 unspecified atom stereocenters. The Hall–Kier alpha value is -3.64. The average molecular weight is 456 g/mol. The summed E-state index contributed by atoms with van der Waals surface area (Å²) in [5, 5.41) is 11.6. The summed E-state index contributed by atoms with van der Waals surface area (Å²) in [5.74, 6) is -0.357. The third kappa shape index (κ3) is 3.84. The molecule has 0 spiro atoms. The lowest BCUT2D eigenvalue weighted by Crippen LogP contribution is -2.30. The predicted molar refractivity (Wildman–Crippen MR) is 135 cm³/mol. The highest BCUT2D eigenvalue weighted by Crippen LogP contribution is 2.41. The van der Waals surface area contributed by atoms with Crippen molar-refractivity contribution in [3.8, 4) is 16.9 Å². The summed E-state index contributed by atoms with van der Waals surface area (Å²) in [6.07, 6.45) is 3.94. The first kappa shape index (κ1) is 22.2. The van der Waals surface area contributed by atoms with Gasteiger partial charge in [-0.1, -0.05) is 43.2 Å². The molecule has 1 aliphatic heterocycles. The number of hydrogen-bond acceptors (Lipinski definition) is 4. The SMILES string of the molecule is CN(C)CCCCCCN1C(=O)c2c(-c3ccccc3)cc3[nH]c4ccc(O)cc4c3c2C1=O. The summed E-state index contributed by atoms with van der Waals surface area (Å²) in [6, 6.07) is 16.7. The van der Waals surface area contributed by atoms with Crippen LogP contribution in [0.2, 0.25) is 0 Å². The Balaban J connectivity index is 1.56. The molecule has 34 heavy (non-hydrogen) atoms. The predicted octanol–water partition coefficient (Wildman–Crippen LogP) is 5.41. The van der Waals surface area contributed by atoms with E-state index >= 15 is 0 Å². The summed E-state index contributed by atoms with van der Waals surface area (Å²) in [6.45, 7) is 1.45. The Morgan fingerprint density at radius 2 is 1.59 bits per heavy atom. The fraction of sp³-hybridized carbons (Fsp3) is 0.286. The number of amides is 2. The van der Waals surface area contributed by atoms with Crippen molar-refractivity contribution in [1.82, 2.24) is 14.8 Å². The smallest absolute Gasteiger partial charge is 0.262 e. The van der Waals surface area contributed by atoms with Gasteiger partial charge >= 0.3 is 0 Å². The van der Waals surface area contributed by atoms with Gasteiger partial charge in [0.25, 0.3) is 11.8 Å². The zero-order chi connectivity index (χ0) is 23.8. The lowest BCUT2D eigenvalue weighted by Gasteiger charge is -2.14. The number of carbonyl (C=O) groups excluding carboxylic acids is 2. The van der Waals surface area contributed by atoms with Crippen molar-refractivity contribution >= 4 is 33.6 Å². The quantitative estimate of drug-likeness (QED) is 0.275. The number of phenolic OH excluding ortho intramolecular Hbond substituents is 1. The van der Waals surface area contributed by atoms with Crippen LogP contribution in [-0.4, -0.2) is 58.9 Å². The largest absolute Gasteiger partial charge is 0.508 e. The minimum absolute atomic E-state index is 0.126. The topological polar surface area (TPSA) is 76.6 Å². The fourth-order valence-electron chi connectivity index (χ4n) is 4.95. The van der Waals surface area contributed by atoms with Crippen LogP contribution in [0.4, 0.5) is 0 Å². The number of unbranched alkanes of at least 4 members (excludes halogenated alkanes) is 3. The molecule has 0 saturated carbocycles. The Kier molecular flexibility index (Phi) is 5.84. The highest BCUT2D eigenvalue weighted by atomic mass is 16.3. The third-order valence-electron chi connectivity index (χ3n) is 6.61. The molecule has 0 aliphatic carbocycles. The maximum absolute atomic E-state index is 13.7. The summed E-state index contributed by atoms with van der Waals surface area (Å²) < 4.78 is 0. The van der Waals surface area contributed by atoms with Crippen molar-refractivity contribution in [2.24, 2.45) is 0 Å². The molecule has 2 N–H and O–H groups in total. The zero-order valence-corrected chi connectivity index (χ0v) is 19.6. The molecule has 0 bridgehead atoms. The van der Waals surface area contributed by atoms with Gasteiger partial charge in [0, 0.05) is 28.4 Å². The van der Waals surface area contributed by atoms with Crippen molar-refractivity contribution in [3.05, 3.63) is 65.7 Å². The van der Waals surface area contributed by atoms with Crippen molar-refractivity contribution in [3.63, 3.8) is 0 Å². The van der Waals surface area contributed by atoms with E-state index in [0.29, 0.717) is 23.1 Å². The Morgan fingerprint density at radius 1 is 0.853 bits per heavy atom. The number of imide groups is 1. The van der Waals surface area contributed by atoms with Crippen molar-refractivity contribution < 1.29 is 14.7 Å². The van der Waals surface area contributed by atoms with Gasteiger partial charge < -0.3 is 15.0 Å². The molecule has 6 heteroatoms. The van der Waals surface area contributed by atoms with Gasteiger partial charge in [0.2, 0.25) is 0 Å². The van der Waals surface area contributed by atoms with E-state index in [1.807, 2.05) is 36.4 Å². The van der Waals surface area contributed by atoms with E-state index in [1.54, 1.807) is 18.2 Å². The second-order valence-electron chi connectivity index (χ2n) is 9.30. The fourth-order valence-corrected chi connectivity index (χ4v) is 4.95. The number of benzene rings is 3. The van der Waals surface area contributed by atoms with Crippen molar-refractivity contribution in [2.45, 2.75) is 25.7 Å². The van der Waals surface area contributed by atoms with E-state index in [-0.39, 0.29) is 17.6 Å². The number of hydrogen-bond donors (Lipinski definition) is 2. The van der Waals surface area contributed by atoms with Crippen LogP contribution in [0.5, 0.6) is 5.75 Å². The number of aromatic hydroxyl groups is 1. The molecule has 6 nitrogen and oxygen atoms in total. The molecule has 2 heterocycles. The number of nitrogens with zero attached hydrogens (tertiary/aromatic N) is 2. The van der Waals surface area contributed by atoms with Crippen LogP contribution in [0.25, 0.3) is 32.9 Å². The third-order valence-corrected chi connectivity index (χ3v) is 6.61. The molecule has 174 valence electrons. The minimum Gasteiger partial charge on any atom is -0.508 e. The molecule has 0 fully saturated rings. The monoisotopic (exact) mass is 455 g/mol. The number of nitrogens with one attached hydrogen (secondary N) is 1. The van der Waals surface area contributed by atoms with E-state index < -0.39 is 0 Å². The molecule has 1 aromatic heterocycles. The van der Waals surface area contributed by atoms with E-state index in [2.05, 4.69) is 24.0 Å². The Labute approximate surface area is 198 Å². The van der Waals surface area contributed by atoms with Crippen LogP contribution in [0.15, 0.2) is 54.6 Å². The summed E-state index contributed by atoms with van der Waals surface area (Å²) in [7, 11) is 4.13. The number of fused-ring (bicyclic) bond motifs is 5. The maximum Gasteiger partial charge on any atom is 0.262 e. The number of carbonyl (C=O) groups is 2. The molecule has 0 saturated heterocycles. The second kappa shape index (κ2) is 8.95. The Bertz CT molecular complexity index is 1390. The lowest BCUT2D eigenvalue weighted by molar-refractivity contribution is 0.0652. The highest BCUT2D eigenvalue weighted by molar-refractivity contribution is 6.32. The van der Waals surface area contributed by atoms with Gasteiger partial charge in [0.15, 0.2) is 0 Å². The summed E-state index contributed by atoms with van der Waals surface area (Å²) in [5.41, 5.74) is 4.15. The van der Waals surface area contributed by atoms with Crippen molar-refractivity contribution in [1.29, 1.82) is 0 Å². The summed E-state index contributed by atoms with van der Waals surface area (Å²) in [4.78, 5) is 34.2. The van der Waals surface area contributed by atoms with E-state index in [9.17, 15) is 14.7 Å². The van der Waals surface area contributed by atoms with Gasteiger partial charge in [-0.25, -0.2) is 0 Å². The van der Waals surface area contributed by atoms with Crippen LogP contribution in [-0.2, 0) is 0 Å². The van der Waals surface area contributed by atoms with Crippen LogP contribution < -0.4 is 0 Å². The number of rotatable bonds is 8. The van der Waals surface area contributed by atoms with Crippen LogP contribution >= 0.6 is 0 Å². The first-order valence-corrected chi connectivity index (χ1v) is 11.8. The van der Waals surface area contributed by atoms with Crippen LogP contribution in [0, 0.1) is 0 Å². The van der Waals surface area contributed by atoms with E-state index in [0.717, 1.165) is 59.8 Å². The van der Waals surface area contributed by atoms with Gasteiger partial charge in [-0.2, -0.15) is 0 Å². The molecule has 3 aromatic carbocycles. The van der Waals surface area contributed by atoms with Gasteiger partial charge in [0.1, 0.15) is 5.75 Å². The summed E-state index contributed by atoms with van der Waals surface area (Å²) >= 11 is 0. The number of aromatic nitrogens is 1. The molecule has 5 rings (SSSR count). The lowest BCUT2D eigenvalue weighted by atomic mass is 9.93. The number of phenols is 1. The maximum atomic E-state index is 13.7. The van der Waals surface area contributed by atoms with E-state index in [1.165, 1.54) is 4.90 Å². The molecule has 2 amide bonds. The van der Waals surface area contributed by atoms with E-state index in [4.69, 9.17) is 0 Å². The standard InChI is InChI=1S/C28H29N3O3/c1-30(2)14-8-3-4-9-15-31-27(33)25-20(18-10-6-5-7-11-18)17-23-24(26(25)28(31)34)21-16-19(32)12-13-22(21)29-23/h5-7,10-13,16-17,29,32H,3-4,8-9,14-15H2,1-2H3. The van der Waals surface area contributed by atoms with Gasteiger partial charge in [-0.15, -0.1) is 0 Å². The normalized spacial score (nSPS) is 13.6. The zero-order valence-electron chi connectivity index (χ0n) is 19.6. The average Bonchev–Trinajstić information content (AvgIpc) is 3.30. The number of H-pyrrole nitrogens is 1. The highest BCUT2D eigenvalue weighted by Gasteiger charge is 2.39. The molecule has 0 atom stereocenters. The first-order chi connectivity index (χ1) is 16.5. The number of aromatic amines is 1. The molecular formula is C28H29N3O3. The molecule has 1 aliphatic rings. The Morgan fingerprint density at radius 3 is 2.35 bits per heavy atom. The van der Waals surface area contributed by atoms with Gasteiger partial charge in [-0.05, 0) is 68.9 Å². The van der Waals surface area contributed by atoms with Crippen molar-refractivity contribution in [2.75, 3.05) is 27.2 Å². The van der Waals surface area contributed by atoms with Gasteiger partial charge in [-0.3, -0.25) is 14.5 Å². The molecule has 0 radical (unpaired) electrons. The van der Waals surface area contributed by atoms with Gasteiger partial charge in [0.05, 0.1) is 11.1 Å².